The van der Waals surface area contributed by atoms with E-state index in [9.17, 15) is 34.8 Å². The first-order chi connectivity index (χ1) is 16.5. The van der Waals surface area contributed by atoms with Crippen molar-refractivity contribution in [3.8, 4) is 5.75 Å². The van der Waals surface area contributed by atoms with Gasteiger partial charge in [0.15, 0.2) is 11.4 Å². The van der Waals surface area contributed by atoms with Crippen LogP contribution in [0.1, 0.15) is 34.8 Å². The van der Waals surface area contributed by atoms with E-state index in [1.807, 2.05) is 0 Å². The van der Waals surface area contributed by atoms with Gasteiger partial charge in [-0.3, -0.25) is 19.3 Å². The minimum absolute atomic E-state index is 0.0263. The van der Waals surface area contributed by atoms with Gasteiger partial charge in [0.1, 0.15) is 22.8 Å². The molecule has 1 amide bonds. The average molecular weight is 488 g/mol. The second-order valence-electron chi connectivity index (χ2n) is 9.32. The molecule has 0 saturated heterocycles. The summed E-state index contributed by atoms with van der Waals surface area (Å²) in [7, 11) is 3.17. The first-order valence-corrected chi connectivity index (χ1v) is 11.3. The summed E-state index contributed by atoms with van der Waals surface area (Å²) in [4.78, 5) is 45.4. The Morgan fingerprint density at radius 1 is 1.26 bits per heavy atom. The summed E-state index contributed by atoms with van der Waals surface area (Å²) >= 11 is 0. The number of phenols is 1. The van der Waals surface area contributed by atoms with E-state index in [2.05, 4.69) is 5.48 Å². The Bertz CT molecular complexity index is 1190. The number of Topliss-reactive ketones (excluding diaryl/α,β-unsaturated/α-hetero) is 2. The van der Waals surface area contributed by atoms with E-state index < -0.39 is 58.0 Å². The summed E-state index contributed by atoms with van der Waals surface area (Å²) in [5.74, 6) is -6.62. The zero-order valence-corrected chi connectivity index (χ0v) is 19.7. The van der Waals surface area contributed by atoms with Crippen molar-refractivity contribution in [3.63, 3.8) is 0 Å². The number of phenolic OH excluding ortho intramolecular Hbond substituents is 1. The number of hydroxylamine groups is 1. The molecule has 11 heteroatoms. The molecule has 188 valence electrons. The minimum Gasteiger partial charge on any atom is -0.510 e. The third kappa shape index (κ3) is 3.54. The summed E-state index contributed by atoms with van der Waals surface area (Å²) in [6.07, 6.45) is 0.307. The number of primary amides is 1. The number of nitrogens with one attached hydrogen (secondary N) is 1. The number of likely N-dealkylation sites (N-methyl/N-ethyl adjacent to an activating group) is 1. The molecule has 0 aromatic heterocycles. The van der Waals surface area contributed by atoms with Crippen LogP contribution in [0, 0.1) is 11.8 Å². The van der Waals surface area contributed by atoms with Crippen LogP contribution in [0.5, 0.6) is 5.75 Å². The zero-order valence-electron chi connectivity index (χ0n) is 19.7. The number of carbonyl (C=O) groups is 3. The van der Waals surface area contributed by atoms with Gasteiger partial charge in [-0.1, -0.05) is 12.1 Å². The molecule has 4 atom stereocenters. The Hall–Kier alpha value is -3.25. The SMILES string of the molecule is CCONCc1ccc2c(c1O)C(=O)C1=C(O)[C@]3(O)C(=O)C(C(N)=O)=C(O)[C@@H](N(C)C)[C@@H]3C[C@@H]1C2. The molecule has 3 aliphatic carbocycles. The molecule has 7 N–H and O–H groups in total. The summed E-state index contributed by atoms with van der Waals surface area (Å²) in [6, 6.07) is 2.37. The highest BCUT2D eigenvalue weighted by molar-refractivity contribution is 6.24. The van der Waals surface area contributed by atoms with Crippen molar-refractivity contribution >= 4 is 17.5 Å². The van der Waals surface area contributed by atoms with Crippen LogP contribution in [0.25, 0.3) is 0 Å². The largest absolute Gasteiger partial charge is 0.510 e. The van der Waals surface area contributed by atoms with E-state index in [-0.39, 0.29) is 36.3 Å². The first-order valence-electron chi connectivity index (χ1n) is 11.3. The lowest BCUT2D eigenvalue weighted by Gasteiger charge is -2.50. The third-order valence-corrected chi connectivity index (χ3v) is 7.19. The number of aliphatic hydroxyl groups is 3. The molecule has 0 fully saturated rings. The van der Waals surface area contributed by atoms with Gasteiger partial charge in [-0.05, 0) is 45.3 Å². The van der Waals surface area contributed by atoms with E-state index >= 15 is 0 Å². The number of fused-ring (bicyclic) bond motifs is 3. The number of amides is 1. The molecule has 0 bridgehead atoms. The maximum Gasteiger partial charge on any atom is 0.255 e. The van der Waals surface area contributed by atoms with Gasteiger partial charge in [0.25, 0.3) is 5.91 Å². The molecule has 1 aromatic carbocycles. The Morgan fingerprint density at radius 3 is 2.54 bits per heavy atom. The second-order valence-corrected chi connectivity index (χ2v) is 9.32. The molecule has 0 spiro atoms. The first kappa shape index (κ1) is 24.9. The maximum atomic E-state index is 13.6. The van der Waals surface area contributed by atoms with Crippen LogP contribution in [-0.4, -0.2) is 75.1 Å². The number of nitrogens with two attached hydrogens (primary N) is 1. The van der Waals surface area contributed by atoms with Crippen LogP contribution >= 0.6 is 0 Å². The summed E-state index contributed by atoms with van der Waals surface area (Å²) in [6.45, 7) is 2.30. The monoisotopic (exact) mass is 487 g/mol. The molecule has 3 aliphatic rings. The number of ketones is 2. The van der Waals surface area contributed by atoms with E-state index in [1.54, 1.807) is 33.2 Å². The van der Waals surface area contributed by atoms with Gasteiger partial charge in [0.2, 0.25) is 5.78 Å². The fourth-order valence-corrected chi connectivity index (χ4v) is 5.64. The maximum absolute atomic E-state index is 13.6. The number of hydrogen-bond donors (Lipinski definition) is 6. The van der Waals surface area contributed by atoms with Crippen LogP contribution in [-0.2, 0) is 27.4 Å². The van der Waals surface area contributed by atoms with Crippen LogP contribution in [0.4, 0.5) is 0 Å². The van der Waals surface area contributed by atoms with Crippen molar-refractivity contribution in [2.45, 2.75) is 38.0 Å². The highest BCUT2D eigenvalue weighted by Gasteiger charge is 2.63. The molecule has 0 aliphatic heterocycles. The molecule has 0 saturated carbocycles. The molecular weight excluding hydrogens is 458 g/mol. The Balaban J connectivity index is 1.86. The van der Waals surface area contributed by atoms with Gasteiger partial charge < -0.3 is 31.0 Å². The standard InChI is InChI=1S/C24H29N3O8/c1-4-35-26-9-11-6-5-10-7-12-8-13-17(27(2)3)20(30)16(23(25)33)22(32)24(13,34)21(31)15(12)19(29)14(10)18(11)28/h5-6,12-13,17,26,28,30-31,34H,4,7-9H2,1-3H3,(H2,25,33)/t12-,13-,17-,24-/m0/s1. The van der Waals surface area contributed by atoms with Crippen LogP contribution in [0.2, 0.25) is 0 Å². The minimum atomic E-state index is -2.64. The molecular formula is C24H29N3O8. The lowest BCUT2D eigenvalue weighted by molar-refractivity contribution is -0.148. The zero-order chi connectivity index (χ0) is 25.8. The van der Waals surface area contributed by atoms with Crippen LogP contribution in [0.3, 0.4) is 0 Å². The van der Waals surface area contributed by atoms with Gasteiger partial charge in [0.05, 0.1) is 18.2 Å². The van der Waals surface area contributed by atoms with Gasteiger partial charge in [-0.25, -0.2) is 0 Å². The van der Waals surface area contributed by atoms with Gasteiger partial charge in [-0.2, -0.15) is 5.48 Å². The molecule has 0 heterocycles. The third-order valence-electron chi connectivity index (χ3n) is 7.19. The highest BCUT2D eigenvalue weighted by Crippen LogP contribution is 2.52. The number of carbonyl (C=O) groups excluding carboxylic acids is 3. The lowest BCUT2D eigenvalue weighted by Crippen LogP contribution is -2.63. The van der Waals surface area contributed by atoms with Crippen molar-refractivity contribution in [1.29, 1.82) is 0 Å². The summed E-state index contributed by atoms with van der Waals surface area (Å²) < 4.78 is 0. The van der Waals surface area contributed by atoms with Crippen LogP contribution < -0.4 is 11.2 Å². The number of aliphatic hydroxyl groups excluding tert-OH is 2. The fraction of sp³-hybridized carbons (Fsp3) is 0.458. The number of rotatable bonds is 6. The van der Waals surface area contributed by atoms with Crippen molar-refractivity contribution in [3.05, 3.63) is 51.5 Å². The van der Waals surface area contributed by atoms with Gasteiger partial charge >= 0.3 is 0 Å². The lowest BCUT2D eigenvalue weighted by atomic mass is 9.58. The summed E-state index contributed by atoms with van der Waals surface area (Å²) in [5, 5.41) is 44.4. The number of hydrogen-bond acceptors (Lipinski definition) is 10. The molecule has 0 unspecified atom stereocenters. The number of aromatic hydroxyl groups is 1. The van der Waals surface area contributed by atoms with Crippen molar-refractivity contribution < 1.29 is 39.6 Å². The number of nitrogens with zero attached hydrogens (tertiary/aromatic N) is 1. The summed E-state index contributed by atoms with van der Waals surface area (Å²) in [5.41, 5.74) is 5.26. The van der Waals surface area contributed by atoms with Gasteiger partial charge in [0, 0.05) is 23.6 Å². The Morgan fingerprint density at radius 2 is 1.94 bits per heavy atom. The van der Waals surface area contributed by atoms with Gasteiger partial charge in [-0.15, -0.1) is 0 Å². The normalized spacial score (nSPS) is 28.2. The van der Waals surface area contributed by atoms with Crippen molar-refractivity contribution in [2.24, 2.45) is 17.6 Å². The number of allylic oxidation sites excluding steroid dienone is 1. The van der Waals surface area contributed by atoms with E-state index in [0.29, 0.717) is 17.7 Å². The molecule has 0 radical (unpaired) electrons. The predicted molar refractivity (Wildman–Crippen MR) is 122 cm³/mol. The Kier molecular flexibility index (Phi) is 6.22. The molecule has 11 nitrogen and oxygen atoms in total. The average Bonchev–Trinajstić information content (AvgIpc) is 2.77. The fourth-order valence-electron chi connectivity index (χ4n) is 5.64. The highest BCUT2D eigenvalue weighted by atomic mass is 16.6. The van der Waals surface area contributed by atoms with E-state index in [4.69, 9.17) is 10.6 Å². The number of benzene rings is 1. The smallest absolute Gasteiger partial charge is 0.255 e. The van der Waals surface area contributed by atoms with E-state index in [1.165, 1.54) is 4.90 Å². The quantitative estimate of drug-likeness (QED) is 0.184. The Labute approximate surface area is 201 Å². The molecule has 4 rings (SSSR count). The van der Waals surface area contributed by atoms with E-state index in [0.717, 1.165) is 0 Å². The van der Waals surface area contributed by atoms with Crippen LogP contribution in [0.15, 0.2) is 34.8 Å². The predicted octanol–water partition coefficient (Wildman–Crippen LogP) is 0.162. The van der Waals surface area contributed by atoms with Crippen molar-refractivity contribution in [1.82, 2.24) is 10.4 Å². The molecule has 35 heavy (non-hydrogen) atoms. The molecule has 1 aromatic rings. The topological polar surface area (TPSA) is 183 Å². The van der Waals surface area contributed by atoms with Crippen molar-refractivity contribution in [2.75, 3.05) is 20.7 Å². The second kappa shape index (κ2) is 8.76.